The summed E-state index contributed by atoms with van der Waals surface area (Å²) in [6.45, 7) is 4.63. The summed E-state index contributed by atoms with van der Waals surface area (Å²) in [5, 5.41) is 13.5. The summed E-state index contributed by atoms with van der Waals surface area (Å²) in [5.41, 5.74) is -0.139. The zero-order chi connectivity index (χ0) is 15.0. The fraction of sp³-hybridized carbons (Fsp3) is 0.500. The lowest BCUT2D eigenvalue weighted by molar-refractivity contribution is -0.385. The molecule has 0 saturated carbocycles. The molecule has 0 aromatic heterocycles. The number of ether oxygens (including phenoxy) is 1. The van der Waals surface area contributed by atoms with Crippen LogP contribution in [0.4, 0.5) is 5.69 Å². The molecule has 0 heterocycles. The second-order valence-electron chi connectivity index (χ2n) is 4.90. The van der Waals surface area contributed by atoms with Gasteiger partial charge in [-0.2, -0.15) is 0 Å². The summed E-state index contributed by atoms with van der Waals surface area (Å²) in [6.07, 6.45) is 1.96. The van der Waals surface area contributed by atoms with E-state index >= 15 is 0 Å². The van der Waals surface area contributed by atoms with Gasteiger partial charge in [0.2, 0.25) is 0 Å². The molecular formula is C14H20N2O4. The number of benzene rings is 1. The minimum absolute atomic E-state index is 0.106. The predicted molar refractivity (Wildman–Crippen MR) is 75.7 cm³/mol. The zero-order valence-corrected chi connectivity index (χ0v) is 11.8. The second kappa shape index (κ2) is 8.14. The molecule has 1 N–H and O–H groups in total. The Bertz CT molecular complexity index is 460. The zero-order valence-electron chi connectivity index (χ0n) is 11.8. The van der Waals surface area contributed by atoms with E-state index in [9.17, 15) is 14.9 Å². The Morgan fingerprint density at radius 2 is 2.10 bits per heavy atom. The highest BCUT2D eigenvalue weighted by atomic mass is 16.6. The van der Waals surface area contributed by atoms with Crippen LogP contribution in [0, 0.1) is 16.0 Å². The van der Waals surface area contributed by atoms with Crippen molar-refractivity contribution < 1.29 is 14.5 Å². The molecule has 1 aromatic carbocycles. The van der Waals surface area contributed by atoms with E-state index in [1.54, 1.807) is 12.1 Å². The van der Waals surface area contributed by atoms with Crippen LogP contribution < -0.4 is 10.1 Å². The molecule has 110 valence electrons. The first-order valence-electron chi connectivity index (χ1n) is 6.63. The van der Waals surface area contributed by atoms with Gasteiger partial charge in [-0.25, -0.2) is 0 Å². The van der Waals surface area contributed by atoms with Crippen LogP contribution in [0.15, 0.2) is 24.3 Å². The first-order chi connectivity index (χ1) is 9.50. The van der Waals surface area contributed by atoms with Crippen LogP contribution in [0.2, 0.25) is 0 Å². The summed E-state index contributed by atoms with van der Waals surface area (Å²) in [5.74, 6) is 0.442. The maximum atomic E-state index is 11.5. The number of nitrogens with zero attached hydrogens (tertiary/aromatic N) is 1. The average molecular weight is 280 g/mol. The lowest BCUT2D eigenvalue weighted by Crippen LogP contribution is -2.29. The van der Waals surface area contributed by atoms with Gasteiger partial charge < -0.3 is 10.1 Å². The number of carbonyl (C=O) groups excluding carboxylic acids is 1. The van der Waals surface area contributed by atoms with Crippen LogP contribution in [0.3, 0.4) is 0 Å². The Morgan fingerprint density at radius 3 is 2.75 bits per heavy atom. The van der Waals surface area contributed by atoms with E-state index in [-0.39, 0.29) is 24.0 Å². The Morgan fingerprint density at radius 1 is 1.40 bits per heavy atom. The van der Waals surface area contributed by atoms with E-state index in [1.807, 2.05) is 0 Å². The second-order valence-corrected chi connectivity index (χ2v) is 4.90. The van der Waals surface area contributed by atoms with E-state index < -0.39 is 4.92 Å². The van der Waals surface area contributed by atoms with Crippen LogP contribution >= 0.6 is 0 Å². The standard InChI is InChI=1S/C14H20N2O4/c1-11(2)6-5-9-15-14(17)10-20-13-8-4-3-7-12(13)16(18)19/h3-4,7-8,11H,5-6,9-10H2,1-2H3,(H,15,17). The van der Waals surface area contributed by atoms with Crippen molar-refractivity contribution in [2.24, 2.45) is 5.92 Å². The van der Waals surface area contributed by atoms with Crippen molar-refractivity contribution in [3.63, 3.8) is 0 Å². The molecule has 0 fully saturated rings. The number of carbonyl (C=O) groups is 1. The van der Waals surface area contributed by atoms with Gasteiger partial charge in [0.05, 0.1) is 4.92 Å². The summed E-state index contributed by atoms with van der Waals surface area (Å²) in [7, 11) is 0. The normalized spacial score (nSPS) is 10.3. The van der Waals surface area contributed by atoms with Crippen LogP contribution in [-0.2, 0) is 4.79 Å². The third-order valence-corrected chi connectivity index (χ3v) is 2.70. The molecule has 0 unspecified atom stereocenters. The maximum absolute atomic E-state index is 11.5. The minimum Gasteiger partial charge on any atom is -0.477 e. The molecule has 0 radical (unpaired) electrons. The van der Waals surface area contributed by atoms with Gasteiger partial charge in [-0.1, -0.05) is 26.0 Å². The molecule has 0 aliphatic heterocycles. The number of nitrogens with one attached hydrogen (secondary N) is 1. The summed E-state index contributed by atoms with van der Waals surface area (Å²) < 4.78 is 5.18. The molecule has 1 aromatic rings. The minimum atomic E-state index is -0.532. The molecule has 6 heteroatoms. The largest absolute Gasteiger partial charge is 0.477 e. The molecule has 0 atom stereocenters. The third kappa shape index (κ3) is 5.69. The molecule has 1 rings (SSSR count). The van der Waals surface area contributed by atoms with Crippen molar-refractivity contribution in [1.82, 2.24) is 5.32 Å². The summed E-state index contributed by atoms with van der Waals surface area (Å²) >= 11 is 0. The highest BCUT2D eigenvalue weighted by Gasteiger charge is 2.14. The van der Waals surface area contributed by atoms with Gasteiger partial charge in [0.1, 0.15) is 0 Å². The molecule has 0 spiro atoms. The topological polar surface area (TPSA) is 81.5 Å². The third-order valence-electron chi connectivity index (χ3n) is 2.70. The fourth-order valence-electron chi connectivity index (χ4n) is 1.66. The van der Waals surface area contributed by atoms with Crippen LogP contribution in [0.1, 0.15) is 26.7 Å². The lowest BCUT2D eigenvalue weighted by Gasteiger charge is -2.08. The van der Waals surface area contributed by atoms with E-state index in [0.717, 1.165) is 12.8 Å². The van der Waals surface area contributed by atoms with E-state index in [0.29, 0.717) is 12.5 Å². The molecule has 0 aliphatic rings. The van der Waals surface area contributed by atoms with Gasteiger partial charge in [0.15, 0.2) is 12.4 Å². The first kappa shape index (κ1) is 15.9. The monoisotopic (exact) mass is 280 g/mol. The molecule has 6 nitrogen and oxygen atoms in total. The molecule has 20 heavy (non-hydrogen) atoms. The van der Waals surface area contributed by atoms with E-state index in [2.05, 4.69) is 19.2 Å². The maximum Gasteiger partial charge on any atom is 0.310 e. The molecular weight excluding hydrogens is 260 g/mol. The van der Waals surface area contributed by atoms with Crippen molar-refractivity contribution in [1.29, 1.82) is 0 Å². The van der Waals surface area contributed by atoms with Crippen molar-refractivity contribution >= 4 is 11.6 Å². The summed E-state index contributed by atoms with van der Waals surface area (Å²) in [4.78, 5) is 21.8. The number of rotatable bonds is 8. The van der Waals surface area contributed by atoms with Crippen LogP contribution in [-0.4, -0.2) is 24.0 Å². The Balaban J connectivity index is 2.36. The van der Waals surface area contributed by atoms with Gasteiger partial charge in [-0.05, 0) is 24.8 Å². The van der Waals surface area contributed by atoms with Gasteiger partial charge in [-0.3, -0.25) is 14.9 Å². The number of amides is 1. The molecule has 1 amide bonds. The van der Waals surface area contributed by atoms with Crippen molar-refractivity contribution in [3.05, 3.63) is 34.4 Å². The molecule has 0 bridgehead atoms. The fourth-order valence-corrected chi connectivity index (χ4v) is 1.66. The Hall–Kier alpha value is -2.11. The van der Waals surface area contributed by atoms with Crippen molar-refractivity contribution in [2.45, 2.75) is 26.7 Å². The first-order valence-corrected chi connectivity index (χ1v) is 6.63. The number of nitro benzene ring substituents is 1. The molecule has 0 aliphatic carbocycles. The summed E-state index contributed by atoms with van der Waals surface area (Å²) in [6, 6.07) is 6.00. The quantitative estimate of drug-likeness (QED) is 0.450. The van der Waals surface area contributed by atoms with Gasteiger partial charge in [0, 0.05) is 12.6 Å². The van der Waals surface area contributed by atoms with Gasteiger partial charge in [0.25, 0.3) is 5.91 Å². The number of hydrogen-bond acceptors (Lipinski definition) is 4. The Labute approximate surface area is 118 Å². The van der Waals surface area contributed by atoms with Gasteiger partial charge in [-0.15, -0.1) is 0 Å². The van der Waals surface area contributed by atoms with E-state index in [1.165, 1.54) is 12.1 Å². The smallest absolute Gasteiger partial charge is 0.310 e. The highest BCUT2D eigenvalue weighted by molar-refractivity contribution is 5.77. The van der Waals surface area contributed by atoms with E-state index in [4.69, 9.17) is 4.74 Å². The number of para-hydroxylation sites is 2. The number of hydrogen-bond donors (Lipinski definition) is 1. The lowest BCUT2D eigenvalue weighted by atomic mass is 10.1. The average Bonchev–Trinajstić information content (AvgIpc) is 2.41. The van der Waals surface area contributed by atoms with Crippen LogP contribution in [0.5, 0.6) is 5.75 Å². The van der Waals surface area contributed by atoms with Crippen molar-refractivity contribution in [3.8, 4) is 5.75 Å². The molecule has 0 saturated heterocycles. The predicted octanol–water partition coefficient (Wildman–Crippen LogP) is 2.53. The van der Waals surface area contributed by atoms with Crippen molar-refractivity contribution in [2.75, 3.05) is 13.2 Å². The van der Waals surface area contributed by atoms with Gasteiger partial charge >= 0.3 is 5.69 Å². The number of nitro groups is 1. The highest BCUT2D eigenvalue weighted by Crippen LogP contribution is 2.25. The SMILES string of the molecule is CC(C)CCCNC(=O)COc1ccccc1[N+](=O)[O-]. The Kier molecular flexibility index (Phi) is 6.49. The van der Waals surface area contributed by atoms with Crippen LogP contribution in [0.25, 0.3) is 0 Å².